The Balaban J connectivity index is 2.18. The third-order valence-electron chi connectivity index (χ3n) is 3.78. The van der Waals surface area contributed by atoms with Gasteiger partial charge < -0.3 is 10.3 Å². The first kappa shape index (κ1) is 12.6. The van der Waals surface area contributed by atoms with Gasteiger partial charge in [-0.1, -0.05) is 38.8 Å². The molecule has 2 unspecified atom stereocenters. The summed E-state index contributed by atoms with van der Waals surface area (Å²) in [4.78, 5) is 4.47. The highest BCUT2D eigenvalue weighted by atomic mass is 16.5. The zero-order valence-electron chi connectivity index (χ0n) is 11.1. The predicted octanol–water partition coefficient (Wildman–Crippen LogP) is 2.95. The lowest BCUT2D eigenvalue weighted by molar-refractivity contribution is 0.318. The average Bonchev–Trinajstić information content (AvgIpc) is 2.70. The van der Waals surface area contributed by atoms with Gasteiger partial charge in [-0.15, -0.1) is 0 Å². The lowest BCUT2D eigenvalue weighted by Gasteiger charge is -2.23. The maximum atomic E-state index is 6.47. The lowest BCUT2D eigenvalue weighted by atomic mass is 9.90. The number of aromatic nitrogens is 2. The first-order valence-electron chi connectivity index (χ1n) is 6.64. The third-order valence-corrected chi connectivity index (χ3v) is 3.78. The Hall–Kier alpha value is -0.900. The van der Waals surface area contributed by atoms with Crippen molar-refractivity contribution in [3.05, 3.63) is 11.7 Å². The van der Waals surface area contributed by atoms with Crippen LogP contribution in [0, 0.1) is 5.92 Å². The van der Waals surface area contributed by atoms with Crippen molar-refractivity contribution in [3.63, 3.8) is 0 Å². The fourth-order valence-electron chi connectivity index (χ4n) is 2.43. The minimum Gasteiger partial charge on any atom is -0.339 e. The molecule has 1 fully saturated rings. The van der Waals surface area contributed by atoms with E-state index >= 15 is 0 Å². The molecule has 4 heteroatoms. The Morgan fingerprint density at radius 1 is 1.35 bits per heavy atom. The first-order valence-corrected chi connectivity index (χ1v) is 6.64. The Bertz CT molecular complexity index is 374. The molecule has 0 amide bonds. The topological polar surface area (TPSA) is 64.9 Å². The van der Waals surface area contributed by atoms with Crippen LogP contribution in [-0.4, -0.2) is 10.1 Å². The molecule has 17 heavy (non-hydrogen) atoms. The molecule has 0 spiro atoms. The van der Waals surface area contributed by atoms with Gasteiger partial charge in [0.1, 0.15) is 0 Å². The average molecular weight is 237 g/mol. The van der Waals surface area contributed by atoms with E-state index in [1.807, 2.05) is 0 Å². The summed E-state index contributed by atoms with van der Waals surface area (Å²) in [6, 6.07) is 0. The highest BCUT2D eigenvalue weighted by Gasteiger charge is 2.34. The molecule has 4 nitrogen and oxygen atoms in total. The molecule has 2 atom stereocenters. The summed E-state index contributed by atoms with van der Waals surface area (Å²) in [5, 5.41) is 4.09. The van der Waals surface area contributed by atoms with E-state index in [-0.39, 0.29) is 11.5 Å². The van der Waals surface area contributed by atoms with E-state index in [4.69, 9.17) is 10.3 Å². The minimum atomic E-state index is -0.374. The Morgan fingerprint density at radius 2 is 2.12 bits per heavy atom. The standard InChI is InChI=1S/C13H23N3O/c1-9(2)11-15-12(16-17-11)13(14)7-4-5-10(3)6-8-13/h9-10H,4-8,14H2,1-3H3. The molecule has 0 bridgehead atoms. The molecule has 1 heterocycles. The van der Waals surface area contributed by atoms with Crippen molar-refractivity contribution in [1.29, 1.82) is 0 Å². The second-order valence-corrected chi connectivity index (χ2v) is 5.80. The van der Waals surface area contributed by atoms with Crippen LogP contribution < -0.4 is 5.73 Å². The monoisotopic (exact) mass is 237 g/mol. The lowest BCUT2D eigenvalue weighted by Crippen LogP contribution is -2.37. The first-order chi connectivity index (χ1) is 8.01. The molecule has 1 aliphatic rings. The highest BCUT2D eigenvalue weighted by molar-refractivity contribution is 5.06. The minimum absolute atomic E-state index is 0.268. The van der Waals surface area contributed by atoms with Gasteiger partial charge in [0, 0.05) is 5.92 Å². The van der Waals surface area contributed by atoms with Crippen LogP contribution in [0.3, 0.4) is 0 Å². The van der Waals surface area contributed by atoms with E-state index < -0.39 is 0 Å². The van der Waals surface area contributed by atoms with Crippen LogP contribution in [0.1, 0.15) is 70.5 Å². The number of hydrogen-bond acceptors (Lipinski definition) is 4. The number of hydrogen-bond donors (Lipinski definition) is 1. The van der Waals surface area contributed by atoms with Crippen molar-refractivity contribution >= 4 is 0 Å². The number of nitrogens with two attached hydrogens (primary N) is 1. The second-order valence-electron chi connectivity index (χ2n) is 5.80. The van der Waals surface area contributed by atoms with Crippen LogP contribution in [0.5, 0.6) is 0 Å². The molecule has 0 aromatic carbocycles. The summed E-state index contributed by atoms with van der Waals surface area (Å²) < 4.78 is 5.27. The van der Waals surface area contributed by atoms with E-state index in [0.29, 0.717) is 11.7 Å². The zero-order valence-corrected chi connectivity index (χ0v) is 11.1. The quantitative estimate of drug-likeness (QED) is 0.803. The molecule has 0 aliphatic heterocycles. The second kappa shape index (κ2) is 4.77. The van der Waals surface area contributed by atoms with Gasteiger partial charge in [-0.25, -0.2) is 0 Å². The van der Waals surface area contributed by atoms with Crippen molar-refractivity contribution in [3.8, 4) is 0 Å². The molecular formula is C13H23N3O. The van der Waals surface area contributed by atoms with Gasteiger partial charge in [0.15, 0.2) is 5.82 Å². The van der Waals surface area contributed by atoms with Crippen LogP contribution in [0.25, 0.3) is 0 Å². The summed E-state index contributed by atoms with van der Waals surface area (Å²) in [5.41, 5.74) is 6.10. The molecule has 1 aliphatic carbocycles. The number of nitrogens with zero attached hydrogens (tertiary/aromatic N) is 2. The smallest absolute Gasteiger partial charge is 0.229 e. The molecule has 1 aromatic rings. The Morgan fingerprint density at radius 3 is 2.76 bits per heavy atom. The van der Waals surface area contributed by atoms with E-state index in [0.717, 1.165) is 31.6 Å². The van der Waals surface area contributed by atoms with Crippen LogP contribution in [-0.2, 0) is 5.54 Å². The molecule has 2 N–H and O–H groups in total. The Kier molecular flexibility index (Phi) is 3.52. The zero-order chi connectivity index (χ0) is 12.5. The van der Waals surface area contributed by atoms with Gasteiger partial charge in [-0.05, 0) is 25.2 Å². The van der Waals surface area contributed by atoms with Gasteiger partial charge in [0.05, 0.1) is 5.54 Å². The summed E-state index contributed by atoms with van der Waals surface area (Å²) >= 11 is 0. The normalized spacial score (nSPS) is 30.5. The third kappa shape index (κ3) is 2.68. The van der Waals surface area contributed by atoms with Crippen molar-refractivity contribution in [2.45, 2.75) is 64.3 Å². The van der Waals surface area contributed by atoms with E-state index in [2.05, 4.69) is 30.9 Å². The SMILES string of the molecule is CC1CCCC(N)(c2noc(C(C)C)n2)CC1. The van der Waals surface area contributed by atoms with E-state index in [1.54, 1.807) is 0 Å². The van der Waals surface area contributed by atoms with E-state index in [1.165, 1.54) is 6.42 Å². The van der Waals surface area contributed by atoms with Crippen LogP contribution in [0.15, 0.2) is 4.52 Å². The molecule has 96 valence electrons. The largest absolute Gasteiger partial charge is 0.339 e. The van der Waals surface area contributed by atoms with Gasteiger partial charge in [-0.2, -0.15) is 4.98 Å². The molecule has 1 saturated carbocycles. The van der Waals surface area contributed by atoms with Crippen molar-refractivity contribution in [1.82, 2.24) is 10.1 Å². The molecule has 0 radical (unpaired) electrons. The molecule has 1 aromatic heterocycles. The summed E-state index contributed by atoms with van der Waals surface area (Å²) in [6.07, 6.45) is 5.50. The van der Waals surface area contributed by atoms with Crippen molar-refractivity contribution < 1.29 is 4.52 Å². The predicted molar refractivity (Wildman–Crippen MR) is 66.5 cm³/mol. The molecule has 2 rings (SSSR count). The highest BCUT2D eigenvalue weighted by Crippen LogP contribution is 2.34. The fourth-order valence-corrected chi connectivity index (χ4v) is 2.43. The van der Waals surface area contributed by atoms with Crippen molar-refractivity contribution in [2.75, 3.05) is 0 Å². The van der Waals surface area contributed by atoms with Crippen LogP contribution >= 0.6 is 0 Å². The van der Waals surface area contributed by atoms with Gasteiger partial charge in [0.2, 0.25) is 5.89 Å². The van der Waals surface area contributed by atoms with Crippen molar-refractivity contribution in [2.24, 2.45) is 11.7 Å². The van der Waals surface area contributed by atoms with Gasteiger partial charge >= 0.3 is 0 Å². The fraction of sp³-hybridized carbons (Fsp3) is 0.846. The van der Waals surface area contributed by atoms with Crippen LogP contribution in [0.2, 0.25) is 0 Å². The number of rotatable bonds is 2. The van der Waals surface area contributed by atoms with E-state index in [9.17, 15) is 0 Å². The summed E-state index contributed by atoms with van der Waals surface area (Å²) in [5.74, 6) is 2.43. The molecular weight excluding hydrogens is 214 g/mol. The summed E-state index contributed by atoms with van der Waals surface area (Å²) in [7, 11) is 0. The summed E-state index contributed by atoms with van der Waals surface area (Å²) in [6.45, 7) is 6.40. The van der Waals surface area contributed by atoms with Gasteiger partial charge in [-0.3, -0.25) is 0 Å². The Labute approximate surface area is 103 Å². The maximum absolute atomic E-state index is 6.47. The van der Waals surface area contributed by atoms with Gasteiger partial charge in [0.25, 0.3) is 0 Å². The van der Waals surface area contributed by atoms with Crippen LogP contribution in [0.4, 0.5) is 0 Å². The molecule has 0 saturated heterocycles. The maximum Gasteiger partial charge on any atom is 0.229 e.